The lowest BCUT2D eigenvalue weighted by atomic mass is 9.87. The number of ether oxygens (including phenoxy) is 1. The number of allylic oxidation sites excluding steroid dienone is 1. The first-order valence-corrected chi connectivity index (χ1v) is 6.65. The van der Waals surface area contributed by atoms with Crippen molar-refractivity contribution in [3.8, 4) is 0 Å². The quantitative estimate of drug-likeness (QED) is 0.529. The standard InChI is InChI=1S/C15H20O3/c1-8-4-9-12(7-18-14(9)17)13(16)11-6-15(2,3)5-10(8)11/h11,13,16H,4-7H2,1-3H3/t11?,13-/m0/s1. The van der Waals surface area contributed by atoms with Gasteiger partial charge >= 0.3 is 5.97 Å². The smallest absolute Gasteiger partial charge is 0.334 e. The summed E-state index contributed by atoms with van der Waals surface area (Å²) in [7, 11) is 0. The van der Waals surface area contributed by atoms with E-state index in [0.717, 1.165) is 18.4 Å². The van der Waals surface area contributed by atoms with Gasteiger partial charge in [-0.2, -0.15) is 0 Å². The number of carbonyl (C=O) groups excluding carboxylic acids is 1. The predicted octanol–water partition coefficient (Wildman–Crippen LogP) is 2.36. The fourth-order valence-electron chi connectivity index (χ4n) is 3.73. The molecule has 98 valence electrons. The maximum Gasteiger partial charge on any atom is 0.334 e. The van der Waals surface area contributed by atoms with E-state index in [2.05, 4.69) is 20.8 Å². The van der Waals surface area contributed by atoms with Gasteiger partial charge in [0.05, 0.1) is 6.10 Å². The van der Waals surface area contributed by atoms with Crippen molar-refractivity contribution >= 4 is 5.97 Å². The maximum atomic E-state index is 11.7. The van der Waals surface area contributed by atoms with E-state index in [1.165, 1.54) is 11.1 Å². The lowest BCUT2D eigenvalue weighted by Crippen LogP contribution is -2.23. The van der Waals surface area contributed by atoms with Crippen LogP contribution in [0.1, 0.15) is 40.0 Å². The van der Waals surface area contributed by atoms with Gasteiger partial charge in [0.2, 0.25) is 0 Å². The highest BCUT2D eigenvalue weighted by molar-refractivity contribution is 5.92. The van der Waals surface area contributed by atoms with Gasteiger partial charge in [0.1, 0.15) is 6.61 Å². The predicted molar refractivity (Wildman–Crippen MR) is 67.8 cm³/mol. The lowest BCUT2D eigenvalue weighted by molar-refractivity contribution is -0.136. The molecular formula is C15H20O3. The van der Waals surface area contributed by atoms with Crippen LogP contribution in [-0.2, 0) is 9.53 Å². The number of carbonyl (C=O) groups is 1. The summed E-state index contributed by atoms with van der Waals surface area (Å²) >= 11 is 0. The Morgan fingerprint density at radius 1 is 1.33 bits per heavy atom. The second-order valence-corrected chi connectivity index (χ2v) is 6.66. The molecule has 0 amide bonds. The van der Waals surface area contributed by atoms with Crippen LogP contribution in [0.15, 0.2) is 22.3 Å². The Balaban J connectivity index is 2.05. The third-order valence-electron chi connectivity index (χ3n) is 4.61. The fourth-order valence-corrected chi connectivity index (χ4v) is 3.73. The van der Waals surface area contributed by atoms with Gasteiger partial charge in [-0.25, -0.2) is 4.79 Å². The monoisotopic (exact) mass is 248 g/mol. The van der Waals surface area contributed by atoms with Crippen molar-refractivity contribution in [1.29, 1.82) is 0 Å². The Morgan fingerprint density at radius 2 is 2.06 bits per heavy atom. The second-order valence-electron chi connectivity index (χ2n) is 6.66. The van der Waals surface area contributed by atoms with Crippen LogP contribution in [0.3, 0.4) is 0 Å². The Bertz CT molecular complexity index is 482. The topological polar surface area (TPSA) is 46.5 Å². The zero-order chi connectivity index (χ0) is 13.1. The van der Waals surface area contributed by atoms with Crippen molar-refractivity contribution in [2.24, 2.45) is 11.3 Å². The Morgan fingerprint density at radius 3 is 2.78 bits per heavy atom. The summed E-state index contributed by atoms with van der Waals surface area (Å²) in [6.45, 7) is 6.88. The van der Waals surface area contributed by atoms with E-state index in [1.807, 2.05) is 0 Å². The first kappa shape index (κ1) is 12.0. The second kappa shape index (κ2) is 3.70. The minimum absolute atomic E-state index is 0.182. The van der Waals surface area contributed by atoms with Crippen LogP contribution in [0.2, 0.25) is 0 Å². The molecule has 1 unspecified atom stereocenters. The van der Waals surface area contributed by atoms with Crippen LogP contribution in [0.25, 0.3) is 0 Å². The molecule has 0 saturated heterocycles. The minimum atomic E-state index is -0.527. The summed E-state index contributed by atoms with van der Waals surface area (Å²) in [6, 6.07) is 0. The highest BCUT2D eigenvalue weighted by Gasteiger charge is 2.44. The third-order valence-corrected chi connectivity index (χ3v) is 4.61. The zero-order valence-corrected chi connectivity index (χ0v) is 11.2. The zero-order valence-electron chi connectivity index (χ0n) is 11.2. The minimum Gasteiger partial charge on any atom is -0.458 e. The highest BCUT2D eigenvalue weighted by Crippen LogP contribution is 2.51. The molecule has 0 spiro atoms. The van der Waals surface area contributed by atoms with Crippen molar-refractivity contribution in [2.75, 3.05) is 6.61 Å². The number of esters is 1. The van der Waals surface area contributed by atoms with Crippen LogP contribution in [0, 0.1) is 11.3 Å². The number of rotatable bonds is 0. The van der Waals surface area contributed by atoms with Crippen molar-refractivity contribution in [1.82, 2.24) is 0 Å². The maximum absolute atomic E-state index is 11.7. The molecule has 0 bridgehead atoms. The van der Waals surface area contributed by atoms with E-state index in [4.69, 9.17) is 4.74 Å². The molecule has 1 aliphatic heterocycles. The number of aliphatic hydroxyl groups excluding tert-OH is 1. The lowest BCUT2D eigenvalue weighted by Gasteiger charge is -2.21. The first-order valence-electron chi connectivity index (χ1n) is 6.65. The molecule has 1 fully saturated rings. The molecule has 1 saturated carbocycles. The first-order chi connectivity index (χ1) is 8.39. The molecule has 2 atom stereocenters. The molecule has 1 heterocycles. The van der Waals surface area contributed by atoms with Crippen LogP contribution in [-0.4, -0.2) is 23.8 Å². The third kappa shape index (κ3) is 1.64. The molecule has 18 heavy (non-hydrogen) atoms. The number of hydrogen-bond donors (Lipinski definition) is 1. The van der Waals surface area contributed by atoms with Gasteiger partial charge in [-0.1, -0.05) is 25.0 Å². The number of fused-ring (bicyclic) bond motifs is 1. The average molecular weight is 248 g/mol. The summed E-state index contributed by atoms with van der Waals surface area (Å²) in [5, 5.41) is 10.6. The van der Waals surface area contributed by atoms with Crippen molar-refractivity contribution in [3.63, 3.8) is 0 Å². The van der Waals surface area contributed by atoms with Gasteiger partial charge in [-0.15, -0.1) is 0 Å². The van der Waals surface area contributed by atoms with Crippen LogP contribution < -0.4 is 0 Å². The molecule has 3 heteroatoms. The van der Waals surface area contributed by atoms with Gasteiger partial charge in [-0.3, -0.25) is 0 Å². The fraction of sp³-hybridized carbons (Fsp3) is 0.667. The Hall–Kier alpha value is -1.09. The summed E-state index contributed by atoms with van der Waals surface area (Å²) < 4.78 is 5.08. The van der Waals surface area contributed by atoms with Crippen molar-refractivity contribution in [3.05, 3.63) is 22.3 Å². The molecule has 0 radical (unpaired) electrons. The summed E-state index contributed by atoms with van der Waals surface area (Å²) in [4.78, 5) is 11.7. The van der Waals surface area contributed by atoms with E-state index in [-0.39, 0.29) is 23.9 Å². The number of hydrogen-bond acceptors (Lipinski definition) is 3. The molecular weight excluding hydrogens is 228 g/mol. The Kier molecular flexibility index (Phi) is 2.46. The molecule has 1 N–H and O–H groups in total. The van der Waals surface area contributed by atoms with Crippen LogP contribution >= 0.6 is 0 Å². The normalized spacial score (nSPS) is 34.3. The molecule has 0 aromatic rings. The van der Waals surface area contributed by atoms with Gasteiger partial charge in [-0.05, 0) is 25.2 Å². The van der Waals surface area contributed by atoms with E-state index in [9.17, 15) is 9.90 Å². The number of cyclic esters (lactones) is 1. The SMILES string of the molecule is CC1=C2CC(C)(C)CC2[C@H](O)C2=C(C1)C(=O)OC2. The van der Waals surface area contributed by atoms with Gasteiger partial charge in [0, 0.05) is 23.5 Å². The molecule has 3 rings (SSSR count). The van der Waals surface area contributed by atoms with Gasteiger partial charge < -0.3 is 9.84 Å². The summed E-state index contributed by atoms with van der Waals surface area (Å²) in [6.07, 6.45) is 2.16. The average Bonchev–Trinajstić information content (AvgIpc) is 2.77. The van der Waals surface area contributed by atoms with Gasteiger partial charge in [0.25, 0.3) is 0 Å². The van der Waals surface area contributed by atoms with E-state index in [0.29, 0.717) is 12.0 Å². The summed E-state index contributed by atoms with van der Waals surface area (Å²) in [5.41, 5.74) is 4.42. The van der Waals surface area contributed by atoms with Gasteiger partial charge in [0.15, 0.2) is 0 Å². The largest absolute Gasteiger partial charge is 0.458 e. The van der Waals surface area contributed by atoms with Crippen LogP contribution in [0.5, 0.6) is 0 Å². The highest BCUT2D eigenvalue weighted by atomic mass is 16.5. The number of aliphatic hydroxyl groups is 1. The molecule has 3 aliphatic rings. The van der Waals surface area contributed by atoms with E-state index in [1.54, 1.807) is 0 Å². The van der Waals surface area contributed by atoms with E-state index < -0.39 is 6.10 Å². The van der Waals surface area contributed by atoms with Crippen LogP contribution in [0.4, 0.5) is 0 Å². The molecule has 0 aromatic carbocycles. The molecule has 3 nitrogen and oxygen atoms in total. The molecule has 0 aromatic heterocycles. The molecule has 2 aliphatic carbocycles. The van der Waals surface area contributed by atoms with Crippen molar-refractivity contribution < 1.29 is 14.6 Å². The van der Waals surface area contributed by atoms with Crippen molar-refractivity contribution in [2.45, 2.75) is 46.1 Å². The summed E-state index contributed by atoms with van der Waals surface area (Å²) in [5.74, 6) is -0.0507. The van der Waals surface area contributed by atoms with E-state index >= 15 is 0 Å². The Labute approximate surface area is 108 Å².